The molecule has 78 heavy (non-hydrogen) atoms. The number of hydrogen-bond donors (Lipinski definition) is 0. The van der Waals surface area contributed by atoms with Crippen molar-refractivity contribution >= 4 is 93.0 Å². The molecule has 382 valence electrons. The Balaban J connectivity index is 1.11. The van der Waals surface area contributed by atoms with Crippen molar-refractivity contribution in [3.05, 3.63) is 254 Å². The first-order valence-electron chi connectivity index (χ1n) is 26.4. The smallest absolute Gasteiger partial charge is 0.150 e. The first-order valence-corrected chi connectivity index (χ1v) is 33.4. The fraction of sp³-hybridized carbons (Fsp3) is 0.0857. The minimum absolute atomic E-state index is 0.210. The maximum Gasteiger partial charge on any atom is 0.150 e. The van der Waals surface area contributed by atoms with Crippen molar-refractivity contribution in [2.75, 3.05) is 9.80 Å². The van der Waals surface area contributed by atoms with Gasteiger partial charge in [-0.25, -0.2) is 17.6 Å². The summed E-state index contributed by atoms with van der Waals surface area (Å²) in [5.74, 6) is -2.78. The number of anilines is 6. The molecule has 0 atom stereocenters. The zero-order chi connectivity index (χ0) is 54.0. The molecule has 2 nitrogen and oxygen atoms in total. The lowest BCUT2D eigenvalue weighted by atomic mass is 9.91. The molecule has 0 aromatic heterocycles. The quantitative estimate of drug-likeness (QED) is 0.0683. The molecule has 0 spiro atoms. The van der Waals surface area contributed by atoms with E-state index in [1.807, 2.05) is 155 Å². The van der Waals surface area contributed by atoms with Crippen LogP contribution in [0, 0.1) is 23.3 Å². The summed E-state index contributed by atoms with van der Waals surface area (Å²) in [4.78, 5) is 3.88. The van der Waals surface area contributed by atoms with Crippen LogP contribution < -0.4 is 20.2 Å². The minimum atomic E-state index is -1.77. The van der Waals surface area contributed by atoms with Gasteiger partial charge in [-0.05, 0) is 116 Å². The van der Waals surface area contributed by atoms with Crippen LogP contribution in [0.5, 0.6) is 0 Å². The number of rotatable bonds is 12. The Hall–Kier alpha value is -8.57. The average Bonchev–Trinajstić information content (AvgIpc) is 3.63. The van der Waals surface area contributed by atoms with E-state index in [4.69, 9.17) is 0 Å². The molecule has 0 fully saturated rings. The monoisotopic (exact) mass is 1060 g/mol. The Morgan fingerprint density at radius 3 is 1.03 bits per heavy atom. The van der Waals surface area contributed by atoms with Gasteiger partial charge in [0.1, 0.15) is 11.6 Å². The van der Waals surface area contributed by atoms with Gasteiger partial charge in [-0.15, -0.1) is 0 Å². The zero-order valence-corrected chi connectivity index (χ0v) is 46.3. The van der Waals surface area contributed by atoms with Crippen LogP contribution in [0.25, 0.3) is 76.8 Å². The Morgan fingerprint density at radius 2 is 0.654 bits per heavy atom. The molecule has 0 saturated carbocycles. The molecular formula is C70H56F4N2Si2. The molecule has 12 aromatic rings. The molecule has 8 heteroatoms. The van der Waals surface area contributed by atoms with E-state index in [1.165, 1.54) is 22.5 Å². The van der Waals surface area contributed by atoms with Gasteiger partial charge in [0.15, 0.2) is 11.6 Å². The number of hydrogen-bond acceptors (Lipinski definition) is 2. The van der Waals surface area contributed by atoms with E-state index in [-0.39, 0.29) is 11.4 Å². The standard InChI is InChI=1S/C70H56F4N2Si2/c1-77(2,3)57-31-27-55(28-32-57)75(69-61(41-53(71)43-63(69)73)51-21-13-19-49(39-51)45-15-9-7-10-16-45)65-37-25-47-24-36-60-66(38-26-48-23-35-59(65)67(47)68(48)60)76(56-29-33-58(34-30-56)78(4,5)6)70-62(42-54(72)44-64(70)74)52-22-14-20-50(40-52)46-17-11-8-12-18-46/h7-44H,1-6H3. The minimum Gasteiger partial charge on any atom is -0.307 e. The van der Waals surface area contributed by atoms with Crippen molar-refractivity contribution in [3.8, 4) is 44.5 Å². The molecule has 0 unspecified atom stereocenters. The number of nitrogens with zero attached hydrogens (tertiary/aromatic N) is 2. The van der Waals surface area contributed by atoms with Gasteiger partial charge in [0, 0.05) is 45.4 Å². The normalized spacial score (nSPS) is 12.0. The first kappa shape index (κ1) is 50.3. The molecule has 0 radical (unpaired) electrons. The fourth-order valence-electron chi connectivity index (χ4n) is 11.2. The lowest BCUT2D eigenvalue weighted by Crippen LogP contribution is -2.37. The van der Waals surface area contributed by atoms with Crippen molar-refractivity contribution in [2.45, 2.75) is 39.3 Å². The Kier molecular flexibility index (Phi) is 12.7. The highest BCUT2D eigenvalue weighted by Crippen LogP contribution is 2.51. The van der Waals surface area contributed by atoms with Crippen molar-refractivity contribution in [1.82, 2.24) is 0 Å². The second-order valence-electron chi connectivity index (χ2n) is 22.3. The highest BCUT2D eigenvalue weighted by molar-refractivity contribution is 6.89. The second kappa shape index (κ2) is 19.8. The molecular weight excluding hydrogens is 1000 g/mol. The van der Waals surface area contributed by atoms with E-state index >= 15 is 17.6 Å². The van der Waals surface area contributed by atoms with Gasteiger partial charge in [-0.1, -0.05) is 207 Å². The van der Waals surface area contributed by atoms with Crippen molar-refractivity contribution < 1.29 is 17.6 Å². The van der Waals surface area contributed by atoms with E-state index in [9.17, 15) is 0 Å². The van der Waals surface area contributed by atoms with Gasteiger partial charge >= 0.3 is 0 Å². The van der Waals surface area contributed by atoms with E-state index in [2.05, 4.69) is 99.9 Å². The Bertz CT molecular complexity index is 3930. The third-order valence-electron chi connectivity index (χ3n) is 15.1. The molecule has 0 aliphatic heterocycles. The Morgan fingerprint density at radius 1 is 0.308 bits per heavy atom. The maximum atomic E-state index is 17.4. The van der Waals surface area contributed by atoms with Crippen LogP contribution in [0.4, 0.5) is 51.7 Å². The average molecular weight is 1060 g/mol. The maximum absolute atomic E-state index is 17.4. The van der Waals surface area contributed by atoms with Crippen LogP contribution in [0.3, 0.4) is 0 Å². The van der Waals surface area contributed by atoms with Crippen molar-refractivity contribution in [2.24, 2.45) is 0 Å². The van der Waals surface area contributed by atoms with Crippen LogP contribution in [0.1, 0.15) is 0 Å². The largest absolute Gasteiger partial charge is 0.307 e. The molecule has 0 amide bonds. The third-order valence-corrected chi connectivity index (χ3v) is 19.3. The predicted octanol–water partition coefficient (Wildman–Crippen LogP) is 19.8. The lowest BCUT2D eigenvalue weighted by molar-refractivity contribution is 0.584. The molecule has 12 rings (SSSR count). The third kappa shape index (κ3) is 9.24. The van der Waals surface area contributed by atoms with Gasteiger partial charge in [-0.3, -0.25) is 0 Å². The summed E-state index contributed by atoms with van der Waals surface area (Å²) in [6, 6.07) is 73.7. The van der Waals surface area contributed by atoms with Crippen LogP contribution in [-0.4, -0.2) is 16.1 Å². The van der Waals surface area contributed by atoms with E-state index < -0.39 is 39.4 Å². The summed E-state index contributed by atoms with van der Waals surface area (Å²) in [5.41, 5.74) is 9.15. The summed E-state index contributed by atoms with van der Waals surface area (Å²) in [6.45, 7) is 13.8. The van der Waals surface area contributed by atoms with Crippen LogP contribution in [0.15, 0.2) is 231 Å². The number of benzene rings is 12. The van der Waals surface area contributed by atoms with Gasteiger partial charge in [-0.2, -0.15) is 0 Å². The molecule has 0 aliphatic rings. The summed E-state index contributed by atoms with van der Waals surface area (Å²) in [5, 5.41) is 7.91. The van der Waals surface area contributed by atoms with E-state index in [1.54, 1.807) is 0 Å². The Labute approximate surface area is 455 Å². The fourth-order valence-corrected chi connectivity index (χ4v) is 13.5. The molecule has 0 bridgehead atoms. The van der Waals surface area contributed by atoms with Gasteiger partial charge in [0.25, 0.3) is 0 Å². The highest BCUT2D eigenvalue weighted by atomic mass is 28.3. The van der Waals surface area contributed by atoms with E-state index in [0.717, 1.165) is 66.7 Å². The number of halogens is 4. The summed E-state index contributed by atoms with van der Waals surface area (Å²) >= 11 is 0. The summed E-state index contributed by atoms with van der Waals surface area (Å²) in [7, 11) is -3.53. The summed E-state index contributed by atoms with van der Waals surface area (Å²) < 4.78 is 66.6. The first-order chi connectivity index (χ1) is 37.6. The van der Waals surface area contributed by atoms with Crippen molar-refractivity contribution in [3.63, 3.8) is 0 Å². The molecule has 0 N–H and O–H groups in total. The van der Waals surface area contributed by atoms with Gasteiger partial charge in [0.2, 0.25) is 0 Å². The highest BCUT2D eigenvalue weighted by Gasteiger charge is 2.29. The second-order valence-corrected chi connectivity index (χ2v) is 32.5. The summed E-state index contributed by atoms with van der Waals surface area (Å²) in [6.07, 6.45) is 0. The van der Waals surface area contributed by atoms with Gasteiger partial charge in [0.05, 0.1) is 38.9 Å². The SMILES string of the molecule is C[Si](C)(C)c1ccc(N(c2c(F)cc(F)cc2-c2cccc(-c3ccccc3)c2)c2ccc3ccc4c(N(c5ccc([Si](C)(C)C)cc5)c5c(F)cc(F)cc5-c5cccc(-c6ccccc6)c5)ccc5ccc2c3c54)cc1. The topological polar surface area (TPSA) is 6.48 Å². The molecule has 0 heterocycles. The zero-order valence-electron chi connectivity index (χ0n) is 44.3. The van der Waals surface area contributed by atoms with Crippen LogP contribution in [0.2, 0.25) is 39.3 Å². The van der Waals surface area contributed by atoms with Crippen LogP contribution >= 0.6 is 0 Å². The lowest BCUT2D eigenvalue weighted by Gasteiger charge is -2.32. The van der Waals surface area contributed by atoms with Crippen LogP contribution in [-0.2, 0) is 0 Å². The van der Waals surface area contributed by atoms with E-state index in [0.29, 0.717) is 45.0 Å². The molecule has 12 aromatic carbocycles. The van der Waals surface area contributed by atoms with Gasteiger partial charge < -0.3 is 9.80 Å². The molecule has 0 aliphatic carbocycles. The van der Waals surface area contributed by atoms with Crippen molar-refractivity contribution in [1.29, 1.82) is 0 Å². The predicted molar refractivity (Wildman–Crippen MR) is 327 cm³/mol. The molecule has 0 saturated heterocycles.